The van der Waals surface area contributed by atoms with Gasteiger partial charge in [0.2, 0.25) is 0 Å². The molecule has 16 heavy (non-hydrogen) atoms. The molecule has 0 aromatic heterocycles. The van der Waals surface area contributed by atoms with Gasteiger partial charge in [0.05, 0.1) is 0 Å². The number of unbranched alkanes of at least 4 members (excludes halogenated alkanes) is 2. The predicted octanol–water partition coefficient (Wildman–Crippen LogP) is 2.41. The fourth-order valence-corrected chi connectivity index (χ4v) is 2.18. The number of hydrogen-bond acceptors (Lipinski definition) is 2. The Balaban J connectivity index is 2.23. The molecule has 0 radical (unpaired) electrons. The minimum atomic E-state index is -1.31. The molecule has 0 saturated carbocycles. The number of benzene rings is 1. The SMILES string of the molecule is CCCCCC1(O)C(=O)Nc2ccccc21. The predicted molar refractivity (Wildman–Crippen MR) is 63.1 cm³/mol. The van der Waals surface area contributed by atoms with Crippen molar-refractivity contribution >= 4 is 11.6 Å². The van der Waals surface area contributed by atoms with Crippen molar-refractivity contribution < 1.29 is 9.90 Å². The van der Waals surface area contributed by atoms with Crippen molar-refractivity contribution in [2.45, 2.75) is 38.2 Å². The number of rotatable bonds is 4. The molecule has 1 heterocycles. The highest BCUT2D eigenvalue weighted by atomic mass is 16.3. The number of amides is 1. The van der Waals surface area contributed by atoms with Gasteiger partial charge in [0.1, 0.15) is 0 Å². The zero-order chi connectivity index (χ0) is 11.6. The molecule has 1 aliphatic heterocycles. The van der Waals surface area contributed by atoms with Gasteiger partial charge in [0, 0.05) is 11.3 Å². The Labute approximate surface area is 95.5 Å². The smallest absolute Gasteiger partial charge is 0.261 e. The van der Waals surface area contributed by atoms with Crippen LogP contribution < -0.4 is 5.32 Å². The quantitative estimate of drug-likeness (QED) is 0.764. The topological polar surface area (TPSA) is 49.3 Å². The van der Waals surface area contributed by atoms with E-state index in [1.54, 1.807) is 0 Å². The number of hydrogen-bond donors (Lipinski definition) is 2. The van der Waals surface area contributed by atoms with Crippen LogP contribution in [-0.4, -0.2) is 11.0 Å². The Morgan fingerprint density at radius 1 is 1.31 bits per heavy atom. The molecule has 1 aromatic carbocycles. The number of nitrogens with one attached hydrogen (secondary N) is 1. The Morgan fingerprint density at radius 2 is 2.06 bits per heavy atom. The molecule has 0 bridgehead atoms. The largest absolute Gasteiger partial charge is 0.375 e. The van der Waals surface area contributed by atoms with E-state index in [2.05, 4.69) is 12.2 Å². The van der Waals surface area contributed by atoms with E-state index in [4.69, 9.17) is 0 Å². The molecule has 1 amide bonds. The summed E-state index contributed by atoms with van der Waals surface area (Å²) in [5, 5.41) is 13.2. The summed E-state index contributed by atoms with van der Waals surface area (Å²) in [5.74, 6) is -0.287. The van der Waals surface area contributed by atoms with Crippen LogP contribution in [0, 0.1) is 0 Å². The second kappa shape index (κ2) is 4.26. The molecule has 0 fully saturated rings. The number of fused-ring (bicyclic) bond motifs is 1. The normalized spacial score (nSPS) is 23.0. The number of aliphatic hydroxyl groups is 1. The molecular formula is C13H17NO2. The van der Waals surface area contributed by atoms with E-state index in [9.17, 15) is 9.90 Å². The summed E-state index contributed by atoms with van der Waals surface area (Å²) in [4.78, 5) is 11.8. The minimum absolute atomic E-state index is 0.287. The van der Waals surface area contributed by atoms with Crippen LogP contribution in [0.5, 0.6) is 0 Å². The average molecular weight is 219 g/mol. The van der Waals surface area contributed by atoms with Gasteiger partial charge < -0.3 is 10.4 Å². The second-order valence-corrected chi connectivity index (χ2v) is 4.32. The zero-order valence-corrected chi connectivity index (χ0v) is 9.49. The molecule has 2 rings (SSSR count). The summed E-state index contributed by atoms with van der Waals surface area (Å²) >= 11 is 0. The lowest BCUT2D eigenvalue weighted by Crippen LogP contribution is -2.34. The van der Waals surface area contributed by atoms with Gasteiger partial charge in [-0.2, -0.15) is 0 Å². The standard InChI is InChI=1S/C13H17NO2/c1-2-3-6-9-13(16)10-7-4-5-8-11(10)14-12(13)15/h4-5,7-8,16H,2-3,6,9H2,1H3,(H,14,15). The van der Waals surface area contributed by atoms with E-state index in [0.29, 0.717) is 6.42 Å². The lowest BCUT2D eigenvalue weighted by atomic mass is 9.89. The maximum Gasteiger partial charge on any atom is 0.261 e. The van der Waals surface area contributed by atoms with Crippen molar-refractivity contribution in [3.05, 3.63) is 29.8 Å². The fourth-order valence-electron chi connectivity index (χ4n) is 2.18. The second-order valence-electron chi connectivity index (χ2n) is 4.32. The van der Waals surface area contributed by atoms with Crippen LogP contribution in [0.15, 0.2) is 24.3 Å². The first kappa shape index (κ1) is 11.1. The monoisotopic (exact) mass is 219 g/mol. The van der Waals surface area contributed by atoms with E-state index in [0.717, 1.165) is 30.5 Å². The molecular weight excluding hydrogens is 202 g/mol. The molecule has 1 atom stereocenters. The van der Waals surface area contributed by atoms with E-state index in [1.165, 1.54) is 0 Å². The molecule has 1 unspecified atom stereocenters. The van der Waals surface area contributed by atoms with Crippen molar-refractivity contribution in [1.29, 1.82) is 0 Å². The molecule has 0 saturated heterocycles. The summed E-state index contributed by atoms with van der Waals surface area (Å²) in [6.45, 7) is 2.10. The van der Waals surface area contributed by atoms with Gasteiger partial charge in [-0.1, -0.05) is 38.0 Å². The maximum atomic E-state index is 11.8. The Hall–Kier alpha value is -1.35. The van der Waals surface area contributed by atoms with E-state index < -0.39 is 5.60 Å². The lowest BCUT2D eigenvalue weighted by molar-refractivity contribution is -0.134. The molecule has 2 N–H and O–H groups in total. The summed E-state index contributed by atoms with van der Waals surface area (Å²) < 4.78 is 0. The third-order valence-electron chi connectivity index (χ3n) is 3.14. The minimum Gasteiger partial charge on any atom is -0.375 e. The zero-order valence-electron chi connectivity index (χ0n) is 9.49. The van der Waals surface area contributed by atoms with Crippen LogP contribution in [0.4, 0.5) is 5.69 Å². The molecule has 86 valence electrons. The number of carbonyl (C=O) groups is 1. The molecule has 3 nitrogen and oxygen atoms in total. The Kier molecular flexibility index (Phi) is 2.97. The van der Waals surface area contributed by atoms with Gasteiger partial charge in [0.15, 0.2) is 5.60 Å². The van der Waals surface area contributed by atoms with Gasteiger partial charge in [0.25, 0.3) is 5.91 Å². The Morgan fingerprint density at radius 3 is 2.81 bits per heavy atom. The van der Waals surface area contributed by atoms with E-state index >= 15 is 0 Å². The van der Waals surface area contributed by atoms with Crippen molar-refractivity contribution in [3.8, 4) is 0 Å². The maximum absolute atomic E-state index is 11.8. The van der Waals surface area contributed by atoms with Crippen LogP contribution in [0.2, 0.25) is 0 Å². The third kappa shape index (κ3) is 1.71. The Bertz CT molecular complexity index is 403. The average Bonchev–Trinajstić information content (AvgIpc) is 2.53. The van der Waals surface area contributed by atoms with Crippen molar-refractivity contribution in [2.24, 2.45) is 0 Å². The van der Waals surface area contributed by atoms with Crippen molar-refractivity contribution in [3.63, 3.8) is 0 Å². The summed E-state index contributed by atoms with van der Waals surface area (Å²) in [6, 6.07) is 7.35. The van der Waals surface area contributed by atoms with Gasteiger partial charge in [-0.25, -0.2) is 0 Å². The summed E-state index contributed by atoms with van der Waals surface area (Å²) in [5.41, 5.74) is 0.147. The highest BCUT2D eigenvalue weighted by molar-refractivity contribution is 6.04. The molecule has 1 aliphatic rings. The van der Waals surface area contributed by atoms with Gasteiger partial charge in [-0.05, 0) is 18.9 Å². The molecule has 3 heteroatoms. The van der Waals surface area contributed by atoms with E-state index in [-0.39, 0.29) is 5.91 Å². The van der Waals surface area contributed by atoms with Gasteiger partial charge in [-0.15, -0.1) is 0 Å². The molecule has 0 aliphatic carbocycles. The number of carbonyl (C=O) groups excluding carboxylic acids is 1. The lowest BCUT2D eigenvalue weighted by Gasteiger charge is -2.20. The van der Waals surface area contributed by atoms with Crippen LogP contribution in [0.25, 0.3) is 0 Å². The first-order valence-electron chi connectivity index (χ1n) is 5.82. The highest BCUT2D eigenvalue weighted by Gasteiger charge is 2.44. The first-order valence-corrected chi connectivity index (χ1v) is 5.82. The van der Waals surface area contributed by atoms with E-state index in [1.807, 2.05) is 24.3 Å². The summed E-state index contributed by atoms with van der Waals surface area (Å²) in [6.07, 6.45) is 3.50. The van der Waals surface area contributed by atoms with Crippen LogP contribution in [-0.2, 0) is 10.4 Å². The highest BCUT2D eigenvalue weighted by Crippen LogP contribution is 2.39. The summed E-state index contributed by atoms with van der Waals surface area (Å²) in [7, 11) is 0. The number of anilines is 1. The van der Waals surface area contributed by atoms with Crippen LogP contribution in [0.1, 0.15) is 38.2 Å². The first-order chi connectivity index (χ1) is 7.68. The molecule has 1 aromatic rings. The van der Waals surface area contributed by atoms with Crippen LogP contribution >= 0.6 is 0 Å². The van der Waals surface area contributed by atoms with Gasteiger partial charge >= 0.3 is 0 Å². The fraction of sp³-hybridized carbons (Fsp3) is 0.462. The third-order valence-corrected chi connectivity index (χ3v) is 3.14. The van der Waals surface area contributed by atoms with Crippen molar-refractivity contribution in [1.82, 2.24) is 0 Å². The number of para-hydroxylation sites is 1. The molecule has 0 spiro atoms. The van der Waals surface area contributed by atoms with Crippen LogP contribution in [0.3, 0.4) is 0 Å². The van der Waals surface area contributed by atoms with Crippen molar-refractivity contribution in [2.75, 3.05) is 5.32 Å². The van der Waals surface area contributed by atoms with Gasteiger partial charge in [-0.3, -0.25) is 4.79 Å².